The molecule has 0 saturated heterocycles. The van der Waals surface area contributed by atoms with Gasteiger partial charge in [0.05, 0.1) is 22.2 Å². The number of aromatic amines is 2. The molecule has 0 saturated carbocycles. The van der Waals surface area contributed by atoms with E-state index in [9.17, 15) is 68.2 Å². The van der Waals surface area contributed by atoms with Crippen LogP contribution in [0.4, 0.5) is 11.4 Å². The number of benzene rings is 6. The van der Waals surface area contributed by atoms with Gasteiger partial charge in [0.1, 0.15) is 33.0 Å². The van der Waals surface area contributed by atoms with Crippen molar-refractivity contribution in [1.82, 2.24) is 24.5 Å². The van der Waals surface area contributed by atoms with E-state index in [1.54, 1.807) is 10.8 Å². The smallest absolute Gasteiger partial charge is 0.375 e. The second kappa shape index (κ2) is 51.2. The molecule has 5 aromatic heterocycles. The first-order chi connectivity index (χ1) is 51.4. The van der Waals surface area contributed by atoms with Crippen molar-refractivity contribution in [3.63, 3.8) is 0 Å². The Morgan fingerprint density at radius 3 is 1.24 bits per heavy atom. The van der Waals surface area contributed by atoms with Gasteiger partial charge >= 0.3 is 17.6 Å². The first-order valence-electron chi connectivity index (χ1n) is 31.2. The second-order valence-corrected chi connectivity index (χ2v) is 21.6. The maximum Gasteiger partial charge on any atom is 0.375 e. The fourth-order valence-electron chi connectivity index (χ4n) is 9.16. The van der Waals surface area contributed by atoms with Crippen molar-refractivity contribution in [1.29, 1.82) is 0 Å². The molecule has 6 heterocycles. The minimum Gasteiger partial charge on any atom is -0.483 e. The third kappa shape index (κ3) is 30.3. The molecule has 1 aliphatic heterocycles. The van der Waals surface area contributed by atoms with E-state index in [1.807, 2.05) is 152 Å². The third-order valence-corrected chi connectivity index (χ3v) is 14.2. The maximum absolute atomic E-state index is 11.9. The quantitative estimate of drug-likeness (QED) is 0.0173. The molecule has 0 spiro atoms. The minimum atomic E-state index is -1.34. The van der Waals surface area contributed by atoms with Crippen LogP contribution in [0.15, 0.2) is 260 Å². The Kier molecular flexibility index (Phi) is 45.4. The lowest BCUT2D eigenvalue weighted by atomic mass is 10.2. The van der Waals surface area contributed by atoms with Crippen LogP contribution >= 0.6 is 0 Å². The average molecular weight is 1590 g/mol. The summed E-state index contributed by atoms with van der Waals surface area (Å²) in [4.78, 5) is 143. The Balaban J connectivity index is 0. The van der Waals surface area contributed by atoms with Gasteiger partial charge in [-0.15, -0.1) is 0 Å². The zero-order chi connectivity index (χ0) is 77.4. The van der Waals surface area contributed by atoms with E-state index < -0.39 is 67.0 Å². The Morgan fingerprint density at radius 2 is 0.843 bits per heavy atom. The van der Waals surface area contributed by atoms with E-state index in [1.165, 1.54) is 42.9 Å². The number of aromatic carboxylic acids is 2. The molecule has 0 atom stereocenters. The topological polar surface area (TPSA) is 524 Å². The zero-order valence-corrected chi connectivity index (χ0v) is 56.0. The molecule has 13 N–H and O–H groups in total. The standard InChI is InChI=1S/C15H14N2O3.C13H13N3O3.C13H12N2O3.C13H11NO4.C13H10O5.C6H5N3O5.8CH4/c18-12-6-8-17-9-7-16-15(19)13(17)14(12)20-10-11-4-2-1-3-5-11;14-13(18)11-12(10(17)6-7-16(11)15)19-8-9-4-2-1-3-5-9;14-13(17)11-12(10(16)6-7-15-11)18-8-9-4-2-1-3-5-9;15-10-6-7-14-11(13(16)17)12(10)18-8-9-4-2-1-3-5-9;14-10-6-7-17-12(13(15)16)11(10)18-8-9-4-2-1-3-5-9;7-14-6-2-1-4(8(10)11)3-5(6)9(12)13;;;;;;;;/h1-6,8H,7,9-10H2,(H,16,19);1-7H,8,15H2,(H2,14,18);1-7H,8H2,(H2,14,17)(H,15,16);1-7H,8H2,(H,14,15)(H,16,17);1-7H,8H2,(H,15,16);1-3H,7H2;8*1H4. The number of fused-ring (bicyclic) bond motifs is 1. The van der Waals surface area contributed by atoms with E-state index in [0.717, 1.165) is 63.0 Å². The van der Waals surface area contributed by atoms with Gasteiger partial charge in [-0.2, -0.15) is 5.90 Å². The number of carbonyl (C=O) groups excluding carboxylic acids is 3. The number of nitro benzene ring substituents is 2. The van der Waals surface area contributed by atoms with Crippen LogP contribution in [0.25, 0.3) is 0 Å². The van der Waals surface area contributed by atoms with Gasteiger partial charge in [-0.1, -0.05) is 211 Å². The number of aromatic nitrogens is 4. The minimum absolute atomic E-state index is 0. The van der Waals surface area contributed by atoms with Gasteiger partial charge in [0.15, 0.2) is 45.8 Å². The summed E-state index contributed by atoms with van der Waals surface area (Å²) in [6.07, 6.45) is 6.56. The number of nitrogen functional groups attached to an aromatic ring is 1. The molecule has 34 heteroatoms. The zero-order valence-electron chi connectivity index (χ0n) is 56.0. The molecule has 0 unspecified atom stereocenters. The number of amides is 3. The molecule has 12 rings (SSSR count). The number of nitrogens with zero attached hydrogens (tertiary/aromatic N) is 4. The van der Waals surface area contributed by atoms with Crippen LogP contribution in [-0.4, -0.2) is 75.5 Å². The predicted octanol–water partition coefficient (Wildman–Crippen LogP) is 11.9. The fraction of sp³-hybridized carbons (Fsp3) is 0.185. The molecule has 34 nitrogen and oxygen atoms in total. The summed E-state index contributed by atoms with van der Waals surface area (Å²) >= 11 is 0. The van der Waals surface area contributed by atoms with E-state index in [4.69, 9.17) is 61.5 Å². The number of H-pyrrole nitrogens is 2. The summed E-state index contributed by atoms with van der Waals surface area (Å²) in [6.45, 7) is 2.08. The highest BCUT2D eigenvalue weighted by atomic mass is 16.6. The van der Waals surface area contributed by atoms with Gasteiger partial charge in [-0.05, 0) is 33.9 Å². The van der Waals surface area contributed by atoms with Crippen LogP contribution < -0.4 is 84.2 Å². The van der Waals surface area contributed by atoms with Crippen LogP contribution in [0.1, 0.15) is 140 Å². The summed E-state index contributed by atoms with van der Waals surface area (Å²) in [5.74, 6) is 4.69. The molecule has 0 radical (unpaired) electrons. The number of hydrogen-bond acceptors (Lipinski definition) is 23. The first kappa shape index (κ1) is 102. The summed E-state index contributed by atoms with van der Waals surface area (Å²) in [6, 6.07) is 55.6. The Labute approximate surface area is 661 Å². The molecular weight excluding hydrogens is 1490 g/mol. The van der Waals surface area contributed by atoms with Crippen LogP contribution in [0, 0.1) is 20.2 Å². The van der Waals surface area contributed by atoms with Crippen molar-refractivity contribution in [2.45, 2.75) is 99.0 Å². The Hall–Kier alpha value is -15.2. The van der Waals surface area contributed by atoms with Crippen molar-refractivity contribution in [3.05, 3.63) is 359 Å². The monoisotopic (exact) mass is 1590 g/mol. The van der Waals surface area contributed by atoms with Crippen molar-refractivity contribution in [3.8, 4) is 34.5 Å². The number of carbonyl (C=O) groups is 5. The number of carboxylic acid groups (broad SMARTS) is 2. The van der Waals surface area contributed by atoms with Crippen LogP contribution in [-0.2, 0) is 39.6 Å². The molecule has 6 aromatic carbocycles. The molecule has 1 aliphatic rings. The highest BCUT2D eigenvalue weighted by Crippen LogP contribution is 2.30. The number of non-ortho nitro benzene ring substituents is 1. The molecule has 0 fully saturated rings. The third-order valence-electron chi connectivity index (χ3n) is 14.2. The molecular formula is C81H97N11O23. The van der Waals surface area contributed by atoms with Gasteiger partial charge in [0.25, 0.3) is 29.2 Å². The number of rotatable bonds is 22. The van der Waals surface area contributed by atoms with Gasteiger partial charge in [0.2, 0.25) is 38.6 Å². The lowest BCUT2D eigenvalue weighted by molar-refractivity contribution is -0.394. The van der Waals surface area contributed by atoms with Crippen molar-refractivity contribution in [2.75, 3.05) is 12.4 Å². The lowest BCUT2D eigenvalue weighted by Gasteiger charge is -2.21. The molecule has 115 heavy (non-hydrogen) atoms. The molecule has 614 valence electrons. The number of pyridine rings is 4. The van der Waals surface area contributed by atoms with E-state index in [2.05, 4.69) is 20.1 Å². The van der Waals surface area contributed by atoms with Gasteiger partial charge in [0, 0.05) is 74.3 Å². The highest BCUT2D eigenvalue weighted by molar-refractivity contribution is 5.96. The van der Waals surface area contributed by atoms with E-state index >= 15 is 0 Å². The normalized spacial score (nSPS) is 9.87. The summed E-state index contributed by atoms with van der Waals surface area (Å²) in [5.41, 5.74) is 11.7. The van der Waals surface area contributed by atoms with Crippen molar-refractivity contribution >= 4 is 41.0 Å². The number of hydrogen-bond donors (Lipinski definition) is 9. The average Bonchev–Trinajstić information content (AvgIpc) is 0.789. The molecule has 3 amide bonds. The Bertz CT molecular complexity index is 4960. The summed E-state index contributed by atoms with van der Waals surface area (Å²) < 4.78 is 34.4. The SMILES string of the molecule is C.C.C.C.C.C.C.C.NC(=O)c1[nH]ccc(=O)c1OCc1ccccc1.NC(=O)c1c(OCc2ccccc2)c(=O)ccn1N.NOc1ccc([N+](=O)[O-])cc1[N+](=O)[O-].O=C(O)c1[nH]ccc(=O)c1OCc1ccccc1.O=C(O)c1occc(=O)c1OCc1ccccc1.O=C1NCCn2ccc(=O)c(OCc3ccccc3)c21. The molecule has 0 bridgehead atoms. The molecule has 0 aliphatic carbocycles. The van der Waals surface area contributed by atoms with E-state index in [-0.39, 0.29) is 161 Å². The number of nitro groups is 2. The van der Waals surface area contributed by atoms with Gasteiger partial charge in [-0.3, -0.25) is 63.3 Å². The lowest BCUT2D eigenvalue weighted by Crippen LogP contribution is -2.37. The number of carboxylic acids is 2. The van der Waals surface area contributed by atoms with Crippen LogP contribution in [0.3, 0.4) is 0 Å². The van der Waals surface area contributed by atoms with E-state index in [0.29, 0.717) is 18.8 Å². The summed E-state index contributed by atoms with van der Waals surface area (Å²) in [5, 5.41) is 41.2. The van der Waals surface area contributed by atoms with Gasteiger partial charge < -0.3 is 80.3 Å². The maximum atomic E-state index is 11.9. The van der Waals surface area contributed by atoms with Crippen molar-refractivity contribution < 1.29 is 77.0 Å². The van der Waals surface area contributed by atoms with Crippen LogP contribution in [0.5, 0.6) is 34.5 Å². The second-order valence-electron chi connectivity index (χ2n) is 21.6. The first-order valence-corrected chi connectivity index (χ1v) is 31.2. The highest BCUT2D eigenvalue weighted by Gasteiger charge is 2.25. The number of ether oxygens (including phenoxy) is 5. The largest absolute Gasteiger partial charge is 0.483 e. The number of nitrogens with one attached hydrogen (secondary N) is 3. The number of primary amides is 2. The van der Waals surface area contributed by atoms with Gasteiger partial charge in [-0.25, -0.2) is 9.59 Å². The Morgan fingerprint density at radius 1 is 0.461 bits per heavy atom. The number of nitrogens with two attached hydrogens (primary N) is 4. The predicted molar refractivity (Wildman–Crippen MR) is 436 cm³/mol. The van der Waals surface area contributed by atoms with Crippen LogP contribution in [0.2, 0.25) is 0 Å². The fourth-order valence-corrected chi connectivity index (χ4v) is 9.16. The van der Waals surface area contributed by atoms with Crippen molar-refractivity contribution in [2.24, 2.45) is 17.4 Å². The molecule has 11 aromatic rings. The summed E-state index contributed by atoms with van der Waals surface area (Å²) in [7, 11) is 0.